The Labute approximate surface area is 174 Å². The number of carbonyl (C=O) groups is 2. The normalized spacial score (nSPS) is 13.5. The number of anilines is 1. The molecular weight excluding hydrogens is 380 g/mol. The molecule has 7 nitrogen and oxygen atoms in total. The number of likely N-dealkylation sites (N-methyl/N-ethyl adjacent to an activating group) is 1. The van der Waals surface area contributed by atoms with E-state index in [1.54, 1.807) is 24.2 Å². The number of benzene rings is 1. The van der Waals surface area contributed by atoms with Gasteiger partial charge in [-0.05, 0) is 41.3 Å². The molecule has 4 rings (SSSR count). The smallest absolute Gasteiger partial charge is 0.246 e. The largest absolute Gasteiger partial charge is 0.395 e. The van der Waals surface area contributed by atoms with Gasteiger partial charge in [-0.25, -0.2) is 4.98 Å². The van der Waals surface area contributed by atoms with Gasteiger partial charge in [-0.2, -0.15) is 0 Å². The van der Waals surface area contributed by atoms with Crippen molar-refractivity contribution in [2.24, 2.45) is 0 Å². The molecule has 0 fully saturated rings. The van der Waals surface area contributed by atoms with Crippen molar-refractivity contribution in [3.8, 4) is 0 Å². The topological polar surface area (TPSA) is 87.5 Å². The van der Waals surface area contributed by atoms with E-state index in [4.69, 9.17) is 0 Å². The summed E-state index contributed by atoms with van der Waals surface area (Å²) in [6, 6.07) is 9.94. The average molecular weight is 404 g/mol. The Kier molecular flexibility index (Phi) is 5.63. The van der Waals surface area contributed by atoms with Crippen LogP contribution in [0.15, 0.2) is 48.8 Å². The number of aryl methyl sites for hydroxylation is 1. The number of hydrogen-bond donors (Lipinski definition) is 2. The molecule has 0 radical (unpaired) electrons. The van der Waals surface area contributed by atoms with Crippen LogP contribution in [0.4, 0.5) is 5.82 Å². The highest BCUT2D eigenvalue weighted by Crippen LogP contribution is 2.23. The number of carbonyl (C=O) groups excluding carboxylic acids is 2. The van der Waals surface area contributed by atoms with Gasteiger partial charge in [-0.1, -0.05) is 18.2 Å². The number of rotatable bonds is 6. The van der Waals surface area contributed by atoms with Crippen molar-refractivity contribution in [2.45, 2.75) is 25.9 Å². The molecule has 0 bridgehead atoms. The minimum atomic E-state index is -0.111. The Bertz CT molecular complexity index is 1130. The molecule has 3 heterocycles. The van der Waals surface area contributed by atoms with Crippen LogP contribution in [0.5, 0.6) is 0 Å². The van der Waals surface area contributed by atoms with E-state index in [0.717, 1.165) is 27.6 Å². The lowest BCUT2D eigenvalue weighted by molar-refractivity contribution is -0.125. The maximum absolute atomic E-state index is 12.6. The Hall–Kier alpha value is -3.45. The minimum absolute atomic E-state index is 0.0181. The summed E-state index contributed by atoms with van der Waals surface area (Å²) in [5.41, 5.74) is 3.89. The molecule has 0 saturated carbocycles. The number of amides is 2. The number of nitrogens with one attached hydrogen (secondary N) is 1. The predicted octanol–water partition coefficient (Wildman–Crippen LogP) is 2.59. The molecule has 30 heavy (non-hydrogen) atoms. The van der Waals surface area contributed by atoms with Crippen LogP contribution in [0.1, 0.15) is 23.1 Å². The number of para-hydroxylation sites is 1. The molecule has 0 saturated heterocycles. The van der Waals surface area contributed by atoms with Gasteiger partial charge in [0.1, 0.15) is 5.82 Å². The van der Waals surface area contributed by atoms with Crippen LogP contribution in [0, 0.1) is 0 Å². The Balaban J connectivity index is 1.47. The van der Waals surface area contributed by atoms with Crippen LogP contribution in [0.3, 0.4) is 0 Å². The Morgan fingerprint density at radius 3 is 3.00 bits per heavy atom. The molecule has 1 aliphatic heterocycles. The van der Waals surface area contributed by atoms with Crippen LogP contribution in [-0.2, 0) is 29.1 Å². The monoisotopic (exact) mass is 404 g/mol. The van der Waals surface area contributed by atoms with Gasteiger partial charge >= 0.3 is 0 Å². The fraction of sp³-hybridized carbons (Fsp3) is 0.261. The van der Waals surface area contributed by atoms with Gasteiger partial charge in [0.2, 0.25) is 11.8 Å². The lowest BCUT2D eigenvalue weighted by Gasteiger charge is -2.16. The number of hydrogen-bond acceptors (Lipinski definition) is 4. The predicted molar refractivity (Wildman–Crippen MR) is 116 cm³/mol. The molecule has 0 spiro atoms. The molecule has 2 amide bonds. The van der Waals surface area contributed by atoms with Crippen LogP contribution >= 0.6 is 0 Å². The van der Waals surface area contributed by atoms with E-state index in [-0.39, 0.29) is 18.4 Å². The molecule has 7 heteroatoms. The number of nitrogens with zero attached hydrogens (tertiary/aromatic N) is 3. The van der Waals surface area contributed by atoms with Gasteiger partial charge in [0, 0.05) is 55.9 Å². The van der Waals surface area contributed by atoms with Crippen LogP contribution in [0.25, 0.3) is 17.0 Å². The van der Waals surface area contributed by atoms with Crippen molar-refractivity contribution in [1.29, 1.82) is 0 Å². The summed E-state index contributed by atoms with van der Waals surface area (Å²) >= 11 is 0. The van der Waals surface area contributed by atoms with E-state index in [2.05, 4.69) is 10.3 Å². The van der Waals surface area contributed by atoms with E-state index in [1.807, 2.05) is 41.1 Å². The Morgan fingerprint density at radius 1 is 1.33 bits per heavy atom. The summed E-state index contributed by atoms with van der Waals surface area (Å²) < 4.78 is 2.01. The van der Waals surface area contributed by atoms with Gasteiger partial charge in [-0.3, -0.25) is 9.59 Å². The number of aliphatic hydroxyl groups is 1. The Morgan fingerprint density at radius 2 is 2.17 bits per heavy atom. The third-order valence-electron chi connectivity index (χ3n) is 5.28. The first-order chi connectivity index (χ1) is 14.5. The van der Waals surface area contributed by atoms with Crippen molar-refractivity contribution in [3.63, 3.8) is 0 Å². The zero-order chi connectivity index (χ0) is 21.1. The number of fused-ring (bicyclic) bond motifs is 2. The fourth-order valence-corrected chi connectivity index (χ4v) is 3.74. The molecule has 154 valence electrons. The lowest BCUT2D eigenvalue weighted by Crippen LogP contribution is -2.24. The first kappa shape index (κ1) is 19.8. The maximum Gasteiger partial charge on any atom is 0.246 e. The van der Waals surface area contributed by atoms with Crippen LogP contribution < -0.4 is 5.32 Å². The third-order valence-corrected chi connectivity index (χ3v) is 5.28. The summed E-state index contributed by atoms with van der Waals surface area (Å²) in [6.45, 7) is 1.05. The van der Waals surface area contributed by atoms with Gasteiger partial charge in [0.05, 0.1) is 6.61 Å². The van der Waals surface area contributed by atoms with Crippen LogP contribution in [-0.4, -0.2) is 45.0 Å². The molecule has 1 aliphatic rings. The second kappa shape index (κ2) is 8.51. The summed E-state index contributed by atoms with van der Waals surface area (Å²) in [5.74, 6) is 0.474. The quantitative estimate of drug-likeness (QED) is 0.618. The van der Waals surface area contributed by atoms with Crippen molar-refractivity contribution in [1.82, 2.24) is 14.5 Å². The second-order valence-electron chi connectivity index (χ2n) is 7.44. The first-order valence-electron chi connectivity index (χ1n) is 9.94. The van der Waals surface area contributed by atoms with E-state index >= 15 is 0 Å². The van der Waals surface area contributed by atoms with Gasteiger partial charge in [0.15, 0.2) is 0 Å². The average Bonchev–Trinajstić information content (AvgIpc) is 3.09. The summed E-state index contributed by atoms with van der Waals surface area (Å²) in [7, 11) is 1.77. The van der Waals surface area contributed by atoms with E-state index < -0.39 is 0 Å². The summed E-state index contributed by atoms with van der Waals surface area (Å²) in [6.07, 6.45) is 8.04. The number of aromatic nitrogens is 2. The third kappa shape index (κ3) is 4.11. The number of aliphatic hydroxyl groups excluding tert-OH is 1. The van der Waals surface area contributed by atoms with E-state index in [9.17, 15) is 14.7 Å². The standard InChI is InChI=1S/C23H24N4O3/c1-26(14-18-15-27(10-11-28)20-5-3-2-4-19(18)20)22(30)9-6-16-12-17-7-8-21(29)25-23(17)24-13-16/h2-6,9,12-13,15,28H,7-8,10-11,14H2,1H3,(H,24,25,29). The van der Waals surface area contributed by atoms with Gasteiger partial charge in [0.25, 0.3) is 0 Å². The lowest BCUT2D eigenvalue weighted by atomic mass is 10.0. The second-order valence-corrected chi connectivity index (χ2v) is 7.44. The fourth-order valence-electron chi connectivity index (χ4n) is 3.74. The van der Waals surface area contributed by atoms with Gasteiger partial charge < -0.3 is 19.9 Å². The molecule has 0 atom stereocenters. The summed E-state index contributed by atoms with van der Waals surface area (Å²) in [4.78, 5) is 30.0. The highest BCUT2D eigenvalue weighted by atomic mass is 16.3. The van der Waals surface area contributed by atoms with Crippen LogP contribution in [0.2, 0.25) is 0 Å². The molecule has 2 N–H and O–H groups in total. The number of pyridine rings is 1. The molecule has 0 aliphatic carbocycles. The van der Waals surface area contributed by atoms with Crippen molar-refractivity contribution in [2.75, 3.05) is 19.0 Å². The maximum atomic E-state index is 12.6. The highest BCUT2D eigenvalue weighted by Gasteiger charge is 2.16. The summed E-state index contributed by atoms with van der Waals surface area (Å²) in [5, 5.41) is 13.1. The molecule has 1 aromatic carbocycles. The van der Waals surface area contributed by atoms with Crippen molar-refractivity contribution in [3.05, 3.63) is 65.5 Å². The molecule has 3 aromatic rings. The zero-order valence-corrected chi connectivity index (χ0v) is 16.8. The van der Waals surface area contributed by atoms with Crippen molar-refractivity contribution < 1.29 is 14.7 Å². The van der Waals surface area contributed by atoms with Gasteiger partial charge in [-0.15, -0.1) is 0 Å². The highest BCUT2D eigenvalue weighted by molar-refractivity contribution is 5.94. The van der Waals surface area contributed by atoms with Crippen molar-refractivity contribution >= 4 is 34.6 Å². The van der Waals surface area contributed by atoms with E-state index in [0.29, 0.717) is 31.7 Å². The van der Waals surface area contributed by atoms with E-state index in [1.165, 1.54) is 6.08 Å². The molecular formula is C23H24N4O3. The zero-order valence-electron chi connectivity index (χ0n) is 16.8. The first-order valence-corrected chi connectivity index (χ1v) is 9.94. The molecule has 0 unspecified atom stereocenters. The SMILES string of the molecule is CN(Cc1cn(CCO)c2ccccc12)C(=O)C=Cc1cnc2c(c1)CCC(=O)N2. The molecule has 2 aromatic heterocycles. The minimum Gasteiger partial charge on any atom is -0.395 e.